The van der Waals surface area contributed by atoms with Crippen LogP contribution in [0, 0.1) is 0 Å². The minimum absolute atomic E-state index is 0.855. The van der Waals surface area contributed by atoms with E-state index in [2.05, 4.69) is 191 Å². The molecule has 0 bridgehead atoms. The number of aryl methyl sites for hydroxylation is 2. The number of nitrogens with zero attached hydrogens (tertiary/aromatic N) is 2. The number of para-hydroxylation sites is 2. The van der Waals surface area contributed by atoms with Crippen LogP contribution in [0.15, 0.2) is 191 Å². The number of fused-ring (bicyclic) bond motifs is 14. The lowest BCUT2D eigenvalue weighted by Gasteiger charge is -2.17. The normalized spacial score (nSPS) is 12.7. The second kappa shape index (κ2) is 12.0. The minimum atomic E-state index is 0.855. The van der Waals surface area contributed by atoms with Gasteiger partial charge in [-0.1, -0.05) is 121 Å². The highest BCUT2D eigenvalue weighted by Gasteiger charge is 2.31. The molecule has 0 saturated heterocycles. The average Bonchev–Trinajstić information content (AvgIpc) is 4.03. The van der Waals surface area contributed by atoms with Crippen molar-refractivity contribution in [2.45, 2.75) is 12.8 Å². The molecule has 8 aromatic carbocycles. The maximum absolute atomic E-state index is 6.61. The van der Waals surface area contributed by atoms with Gasteiger partial charge in [-0.05, 0) is 94.9 Å². The van der Waals surface area contributed by atoms with Gasteiger partial charge in [-0.15, -0.1) is 0 Å². The molecule has 0 amide bonds. The Morgan fingerprint density at radius 1 is 0.379 bits per heavy atom. The number of furan rings is 2. The highest BCUT2D eigenvalue weighted by Crippen LogP contribution is 2.49. The molecule has 1 aliphatic carbocycles. The van der Waals surface area contributed by atoms with E-state index in [0.717, 1.165) is 73.9 Å². The summed E-state index contributed by atoms with van der Waals surface area (Å²) in [5.41, 5.74) is 17.0. The number of hydrogen-bond donors (Lipinski definition) is 0. The fraction of sp³-hybridized carbons (Fsp3) is 0.0370. The summed E-state index contributed by atoms with van der Waals surface area (Å²) in [7, 11) is 0. The molecule has 4 aromatic heterocycles. The molecule has 272 valence electrons. The van der Waals surface area contributed by atoms with Gasteiger partial charge in [0.15, 0.2) is 0 Å². The summed E-state index contributed by atoms with van der Waals surface area (Å²) in [5, 5.41) is 7.12. The lowest BCUT2D eigenvalue weighted by atomic mass is 9.92. The Morgan fingerprint density at radius 2 is 0.983 bits per heavy atom. The topological polar surface area (TPSA) is 36.1 Å². The van der Waals surface area contributed by atoms with Crippen LogP contribution >= 0.6 is 0 Å². The number of rotatable bonds is 4. The average molecular weight is 743 g/mol. The molecule has 0 radical (unpaired) electrons. The molecular weight excluding hydrogens is 709 g/mol. The summed E-state index contributed by atoms with van der Waals surface area (Å²) in [6.07, 6.45) is 1.75. The van der Waals surface area contributed by atoms with Gasteiger partial charge in [0, 0.05) is 50.3 Å². The van der Waals surface area contributed by atoms with Crippen molar-refractivity contribution < 1.29 is 8.83 Å². The molecule has 4 heteroatoms. The second-order valence-corrected chi connectivity index (χ2v) is 15.5. The third kappa shape index (κ3) is 4.45. The fourth-order valence-electron chi connectivity index (χ4n) is 9.89. The predicted molar refractivity (Wildman–Crippen MR) is 238 cm³/mol. The molecule has 13 rings (SSSR count). The molecule has 0 saturated carbocycles. The summed E-state index contributed by atoms with van der Waals surface area (Å²) >= 11 is 0. The summed E-state index contributed by atoms with van der Waals surface area (Å²) < 4.78 is 18.1. The van der Waals surface area contributed by atoms with Gasteiger partial charge in [0.1, 0.15) is 22.5 Å². The van der Waals surface area contributed by atoms with Crippen molar-refractivity contribution in [2.24, 2.45) is 0 Å². The summed E-state index contributed by atoms with van der Waals surface area (Å²) in [6, 6.07) is 65.6. The van der Waals surface area contributed by atoms with Gasteiger partial charge in [0.25, 0.3) is 0 Å². The quantitative estimate of drug-likeness (QED) is 0.180. The Balaban J connectivity index is 1.19. The zero-order valence-electron chi connectivity index (χ0n) is 31.4. The van der Waals surface area contributed by atoms with Crippen molar-refractivity contribution in [2.75, 3.05) is 0 Å². The lowest BCUT2D eigenvalue weighted by Crippen LogP contribution is -2.05. The van der Waals surface area contributed by atoms with Crippen molar-refractivity contribution >= 4 is 65.6 Å². The van der Waals surface area contributed by atoms with Crippen LogP contribution in [0.2, 0.25) is 0 Å². The van der Waals surface area contributed by atoms with Crippen molar-refractivity contribution in [3.63, 3.8) is 0 Å². The molecule has 58 heavy (non-hydrogen) atoms. The van der Waals surface area contributed by atoms with Gasteiger partial charge in [0.2, 0.25) is 0 Å². The molecule has 0 atom stereocenters. The van der Waals surface area contributed by atoms with Crippen molar-refractivity contribution in [3.8, 4) is 44.9 Å². The van der Waals surface area contributed by atoms with Crippen molar-refractivity contribution in [1.82, 2.24) is 9.13 Å². The highest BCUT2D eigenvalue weighted by molar-refractivity contribution is 6.26. The molecule has 0 unspecified atom stereocenters. The van der Waals surface area contributed by atoms with Crippen molar-refractivity contribution in [1.29, 1.82) is 0 Å². The van der Waals surface area contributed by atoms with E-state index in [4.69, 9.17) is 8.83 Å². The van der Waals surface area contributed by atoms with Crippen LogP contribution in [-0.2, 0) is 12.8 Å². The molecule has 4 nitrogen and oxygen atoms in total. The zero-order chi connectivity index (χ0) is 37.9. The van der Waals surface area contributed by atoms with Crippen LogP contribution in [0.1, 0.15) is 11.3 Å². The third-order valence-corrected chi connectivity index (χ3v) is 12.4. The highest BCUT2D eigenvalue weighted by atomic mass is 16.3. The summed E-state index contributed by atoms with van der Waals surface area (Å²) in [4.78, 5) is 0. The van der Waals surface area contributed by atoms with Crippen LogP contribution in [0.4, 0.5) is 0 Å². The Bertz CT molecular complexity index is 3620. The Morgan fingerprint density at radius 3 is 1.71 bits per heavy atom. The van der Waals surface area contributed by atoms with Crippen LogP contribution in [-0.4, -0.2) is 9.13 Å². The van der Waals surface area contributed by atoms with E-state index >= 15 is 0 Å². The molecule has 1 aliphatic rings. The summed E-state index contributed by atoms with van der Waals surface area (Å²) in [5.74, 6) is 1.06. The van der Waals surface area contributed by atoms with Crippen LogP contribution in [0.25, 0.3) is 111 Å². The first-order chi connectivity index (χ1) is 28.8. The standard InChI is InChI=1S/C54H34N2O2/c1-3-13-33(14-4-1)35-17-11-19-37(29-35)55-45-32-46-44(31-43(45)39-25-27-49-51(53(39)55)41-21-7-9-23-47(41)57-49)40-26-28-50-52(42-22-8-10-24-48(42)58-50)54(40)56(46)38-20-12-18-36(30-38)34-15-5-2-6-16-34/h1-25,27,29-32H,26,28H2. The van der Waals surface area contributed by atoms with Gasteiger partial charge >= 0.3 is 0 Å². The van der Waals surface area contributed by atoms with Gasteiger partial charge < -0.3 is 18.0 Å². The zero-order valence-corrected chi connectivity index (χ0v) is 31.4. The van der Waals surface area contributed by atoms with Crippen LogP contribution < -0.4 is 0 Å². The van der Waals surface area contributed by atoms with Crippen molar-refractivity contribution in [3.05, 3.63) is 193 Å². The molecule has 12 aromatic rings. The van der Waals surface area contributed by atoms with E-state index in [0.29, 0.717) is 0 Å². The summed E-state index contributed by atoms with van der Waals surface area (Å²) in [6.45, 7) is 0. The smallest absolute Gasteiger partial charge is 0.137 e. The number of hydrogen-bond acceptors (Lipinski definition) is 2. The van der Waals surface area contributed by atoms with E-state index in [1.807, 2.05) is 0 Å². The number of aromatic nitrogens is 2. The molecule has 4 heterocycles. The molecule has 0 spiro atoms. The second-order valence-electron chi connectivity index (χ2n) is 15.5. The molecule has 0 N–H and O–H groups in total. The molecule has 0 aliphatic heterocycles. The van der Waals surface area contributed by atoms with Gasteiger partial charge in [0.05, 0.1) is 27.6 Å². The minimum Gasteiger partial charge on any atom is -0.460 e. The first-order valence-corrected chi connectivity index (χ1v) is 20.0. The maximum Gasteiger partial charge on any atom is 0.137 e. The van der Waals surface area contributed by atoms with E-state index in [9.17, 15) is 0 Å². The number of benzene rings is 8. The van der Waals surface area contributed by atoms with E-state index in [1.54, 1.807) is 0 Å². The maximum atomic E-state index is 6.61. The first-order valence-electron chi connectivity index (χ1n) is 20.0. The van der Waals surface area contributed by atoms with E-state index in [-0.39, 0.29) is 0 Å². The lowest BCUT2D eigenvalue weighted by molar-refractivity contribution is 0.545. The Kier molecular flexibility index (Phi) is 6.53. The van der Waals surface area contributed by atoms with Gasteiger partial charge in [-0.2, -0.15) is 0 Å². The predicted octanol–water partition coefficient (Wildman–Crippen LogP) is 14.5. The fourth-order valence-corrected chi connectivity index (χ4v) is 9.89. The third-order valence-electron chi connectivity index (χ3n) is 12.4. The van der Waals surface area contributed by atoms with E-state index in [1.165, 1.54) is 60.8 Å². The first kappa shape index (κ1) is 31.6. The largest absolute Gasteiger partial charge is 0.460 e. The van der Waals surface area contributed by atoms with Crippen LogP contribution in [0.3, 0.4) is 0 Å². The Labute approximate surface area is 333 Å². The van der Waals surface area contributed by atoms with Gasteiger partial charge in [-0.3, -0.25) is 0 Å². The SMILES string of the molecule is c1ccc(-c2cccc(-n3c4c(c5cc6c7ccc8oc9ccccc9c8c7n(-c7cccc(-c8ccccc8)c7)c6cc53)CCc3oc5ccccc5c3-4)c2)cc1. The van der Waals surface area contributed by atoms with Gasteiger partial charge in [-0.25, -0.2) is 0 Å². The molecule has 0 fully saturated rings. The monoisotopic (exact) mass is 742 g/mol. The van der Waals surface area contributed by atoms with Crippen LogP contribution in [0.5, 0.6) is 0 Å². The van der Waals surface area contributed by atoms with E-state index < -0.39 is 0 Å². The Hall–Kier alpha value is -7.56. The molecular formula is C54H34N2O2.